The topological polar surface area (TPSA) is 105 Å². The first kappa shape index (κ1) is 21.1. The van der Waals surface area contributed by atoms with Gasteiger partial charge in [0.05, 0.1) is 22.3 Å². The highest BCUT2D eigenvalue weighted by molar-refractivity contribution is 7.99. The van der Waals surface area contributed by atoms with E-state index in [-0.39, 0.29) is 0 Å². The zero-order chi connectivity index (χ0) is 21.9. The average Bonchev–Trinajstić information content (AvgIpc) is 3.33. The number of anilines is 2. The van der Waals surface area contributed by atoms with Crippen molar-refractivity contribution in [1.82, 2.24) is 35.0 Å². The molecule has 0 radical (unpaired) electrons. The van der Waals surface area contributed by atoms with Gasteiger partial charge in [0.25, 0.3) is 0 Å². The minimum Gasteiger partial charge on any atom is -0.463 e. The second kappa shape index (κ2) is 9.39. The van der Waals surface area contributed by atoms with Crippen LogP contribution in [0, 0.1) is 0 Å². The van der Waals surface area contributed by atoms with E-state index in [0.29, 0.717) is 35.5 Å². The number of hydrogen-bond acceptors (Lipinski definition) is 10. The number of H-pyrrole nitrogens is 1. The first-order valence-electron chi connectivity index (χ1n) is 10.5. The van der Waals surface area contributed by atoms with Crippen LogP contribution in [-0.2, 0) is 0 Å². The van der Waals surface area contributed by atoms with Crippen molar-refractivity contribution in [3.8, 4) is 6.01 Å². The lowest BCUT2D eigenvalue weighted by atomic mass is 10.3. The van der Waals surface area contributed by atoms with Gasteiger partial charge in [0, 0.05) is 29.1 Å². The molecule has 0 unspecified atom stereocenters. The zero-order valence-electron chi connectivity index (χ0n) is 17.9. The fourth-order valence-electron chi connectivity index (χ4n) is 3.17. The first-order valence-corrected chi connectivity index (χ1v) is 12.2. The third-order valence-corrected chi connectivity index (χ3v) is 6.59. The maximum atomic E-state index is 5.85. The van der Waals surface area contributed by atoms with Gasteiger partial charge in [-0.2, -0.15) is 20.1 Å². The highest BCUT2D eigenvalue weighted by Crippen LogP contribution is 2.39. The van der Waals surface area contributed by atoms with Gasteiger partial charge in [0.2, 0.25) is 11.1 Å². The van der Waals surface area contributed by atoms with E-state index in [1.807, 2.05) is 37.8 Å². The molecule has 3 aromatic heterocycles. The summed E-state index contributed by atoms with van der Waals surface area (Å²) < 4.78 is 6.98. The smallest absolute Gasteiger partial charge is 0.322 e. The molecule has 3 heterocycles. The quantitative estimate of drug-likeness (QED) is 0.329. The molecule has 0 atom stereocenters. The van der Waals surface area contributed by atoms with Crippen LogP contribution >= 0.6 is 23.1 Å². The number of aromatic amines is 1. The number of hydrogen-bond donors (Lipinski definition) is 2. The second-order valence-corrected chi connectivity index (χ2v) is 9.85. The lowest BCUT2D eigenvalue weighted by Gasteiger charge is -2.11. The lowest BCUT2D eigenvalue weighted by molar-refractivity contribution is 0.261. The Morgan fingerprint density at radius 1 is 1.22 bits per heavy atom. The van der Waals surface area contributed by atoms with E-state index >= 15 is 0 Å². The summed E-state index contributed by atoms with van der Waals surface area (Å²) >= 11 is 3.08. The molecule has 1 aliphatic rings. The van der Waals surface area contributed by atoms with Crippen LogP contribution in [0.5, 0.6) is 6.01 Å². The molecule has 11 heteroatoms. The lowest BCUT2D eigenvalue weighted by Crippen LogP contribution is -2.16. The third-order valence-electron chi connectivity index (χ3n) is 4.94. The second-order valence-electron chi connectivity index (χ2n) is 7.92. The standard InChI is InChI=1S/C21H24N8OS2/c1-29(2)8-3-9-30-20-24-19(23-18-11-16(27-28-18)13-4-5-13)25-21(26-20)32-14-6-7-15-17(10-14)31-12-22-15/h6-7,10-13H,3-5,8-9H2,1-2H3,(H2,23,24,25,26,27,28). The minimum absolute atomic E-state index is 0.306. The van der Waals surface area contributed by atoms with Crippen molar-refractivity contribution in [1.29, 1.82) is 0 Å². The molecule has 0 amide bonds. The highest BCUT2D eigenvalue weighted by atomic mass is 32.2. The van der Waals surface area contributed by atoms with Gasteiger partial charge < -0.3 is 15.0 Å². The number of nitrogens with one attached hydrogen (secondary N) is 2. The molecule has 1 aliphatic carbocycles. The summed E-state index contributed by atoms with van der Waals surface area (Å²) in [7, 11) is 4.08. The van der Waals surface area contributed by atoms with E-state index < -0.39 is 0 Å². The summed E-state index contributed by atoms with van der Waals surface area (Å²) in [5, 5.41) is 11.2. The Kier molecular flexibility index (Phi) is 6.19. The monoisotopic (exact) mass is 468 g/mol. The zero-order valence-corrected chi connectivity index (χ0v) is 19.5. The Balaban J connectivity index is 1.35. The predicted octanol–water partition coefficient (Wildman–Crippen LogP) is 4.31. The molecule has 1 saturated carbocycles. The molecule has 2 N–H and O–H groups in total. The fourth-order valence-corrected chi connectivity index (χ4v) is 4.74. The van der Waals surface area contributed by atoms with E-state index in [1.165, 1.54) is 24.6 Å². The number of benzene rings is 1. The summed E-state index contributed by atoms with van der Waals surface area (Å²) in [6.07, 6.45) is 3.31. The van der Waals surface area contributed by atoms with Crippen LogP contribution in [-0.4, -0.2) is 62.3 Å². The third kappa shape index (κ3) is 5.34. The van der Waals surface area contributed by atoms with Crippen molar-refractivity contribution >= 4 is 45.1 Å². The molecule has 32 heavy (non-hydrogen) atoms. The molecule has 0 spiro atoms. The summed E-state index contributed by atoms with van der Waals surface area (Å²) in [5.74, 6) is 1.70. The Labute approximate surface area is 194 Å². The Morgan fingerprint density at radius 2 is 2.12 bits per heavy atom. The maximum Gasteiger partial charge on any atom is 0.322 e. The van der Waals surface area contributed by atoms with Gasteiger partial charge in [-0.05, 0) is 63.3 Å². The molecule has 0 aliphatic heterocycles. The van der Waals surface area contributed by atoms with Crippen molar-refractivity contribution < 1.29 is 4.74 Å². The Morgan fingerprint density at radius 3 is 2.97 bits per heavy atom. The van der Waals surface area contributed by atoms with Gasteiger partial charge in [0.1, 0.15) is 0 Å². The molecule has 5 rings (SSSR count). The normalized spacial score (nSPS) is 13.7. The molecule has 9 nitrogen and oxygen atoms in total. The fraction of sp³-hybridized carbons (Fsp3) is 0.381. The SMILES string of the molecule is CN(C)CCCOc1nc(Nc2cc(C3CC3)[nH]n2)nc(Sc2ccc3ncsc3c2)n1. The molecule has 1 aromatic carbocycles. The van der Waals surface area contributed by atoms with E-state index in [9.17, 15) is 0 Å². The van der Waals surface area contributed by atoms with Crippen molar-refractivity contribution in [2.75, 3.05) is 32.6 Å². The number of thiazole rings is 1. The molecular weight excluding hydrogens is 444 g/mol. The Bertz CT molecular complexity index is 1200. The van der Waals surface area contributed by atoms with Crippen LogP contribution in [0.4, 0.5) is 11.8 Å². The summed E-state index contributed by atoms with van der Waals surface area (Å²) in [5.41, 5.74) is 3.99. The number of nitrogens with zero attached hydrogens (tertiary/aromatic N) is 6. The van der Waals surface area contributed by atoms with Crippen LogP contribution in [0.2, 0.25) is 0 Å². The van der Waals surface area contributed by atoms with E-state index in [1.54, 1.807) is 11.3 Å². The molecule has 0 saturated heterocycles. The Hall–Kier alpha value is -2.76. The summed E-state index contributed by atoms with van der Waals surface area (Å²) in [6, 6.07) is 8.46. The number of fused-ring (bicyclic) bond motifs is 1. The summed E-state index contributed by atoms with van der Waals surface area (Å²) in [6.45, 7) is 1.47. The molecule has 0 bridgehead atoms. The number of aromatic nitrogens is 6. The average molecular weight is 469 g/mol. The first-order chi connectivity index (χ1) is 15.6. The molecule has 166 valence electrons. The van der Waals surface area contributed by atoms with Crippen LogP contribution in [0.25, 0.3) is 10.2 Å². The van der Waals surface area contributed by atoms with E-state index in [0.717, 1.165) is 33.8 Å². The van der Waals surface area contributed by atoms with Crippen LogP contribution in [0.15, 0.2) is 39.8 Å². The minimum atomic E-state index is 0.306. The van der Waals surface area contributed by atoms with E-state index in [4.69, 9.17) is 4.74 Å². The van der Waals surface area contributed by atoms with Crippen molar-refractivity contribution in [3.63, 3.8) is 0 Å². The number of rotatable bonds is 10. The molecular formula is C21H24N8OS2. The van der Waals surface area contributed by atoms with Crippen LogP contribution < -0.4 is 10.1 Å². The van der Waals surface area contributed by atoms with Gasteiger partial charge in [-0.25, -0.2) is 4.98 Å². The predicted molar refractivity (Wildman–Crippen MR) is 126 cm³/mol. The van der Waals surface area contributed by atoms with Crippen LogP contribution in [0.1, 0.15) is 30.9 Å². The van der Waals surface area contributed by atoms with Gasteiger partial charge >= 0.3 is 6.01 Å². The van der Waals surface area contributed by atoms with Gasteiger partial charge in [0.15, 0.2) is 5.82 Å². The van der Waals surface area contributed by atoms with Crippen molar-refractivity contribution in [3.05, 3.63) is 35.5 Å². The highest BCUT2D eigenvalue weighted by Gasteiger charge is 2.25. The summed E-state index contributed by atoms with van der Waals surface area (Å²) in [4.78, 5) is 21.1. The van der Waals surface area contributed by atoms with Gasteiger partial charge in [-0.3, -0.25) is 5.10 Å². The van der Waals surface area contributed by atoms with Crippen molar-refractivity contribution in [2.45, 2.75) is 35.2 Å². The van der Waals surface area contributed by atoms with Gasteiger partial charge in [-0.15, -0.1) is 11.3 Å². The van der Waals surface area contributed by atoms with Crippen molar-refractivity contribution in [2.24, 2.45) is 0 Å². The van der Waals surface area contributed by atoms with E-state index in [2.05, 4.69) is 46.4 Å². The largest absolute Gasteiger partial charge is 0.463 e. The molecule has 4 aromatic rings. The number of ether oxygens (including phenoxy) is 1. The molecule has 1 fully saturated rings. The van der Waals surface area contributed by atoms with Crippen LogP contribution in [0.3, 0.4) is 0 Å². The van der Waals surface area contributed by atoms with Gasteiger partial charge in [-0.1, -0.05) is 0 Å². The maximum absolute atomic E-state index is 5.85.